The van der Waals surface area contributed by atoms with Gasteiger partial charge in [0.25, 0.3) is 0 Å². The van der Waals surface area contributed by atoms with Gasteiger partial charge in [-0.3, -0.25) is 0 Å². The predicted octanol–water partition coefficient (Wildman–Crippen LogP) is 2.50. The van der Waals surface area contributed by atoms with Crippen LogP contribution in [0.3, 0.4) is 0 Å². The van der Waals surface area contributed by atoms with Crippen LogP contribution < -0.4 is 0 Å². The van der Waals surface area contributed by atoms with Gasteiger partial charge >= 0.3 is 0 Å². The molecule has 0 spiro atoms. The largest absolute Gasteiger partial charge is 0.389 e. The van der Waals surface area contributed by atoms with E-state index in [9.17, 15) is 5.11 Å². The van der Waals surface area contributed by atoms with E-state index >= 15 is 0 Å². The summed E-state index contributed by atoms with van der Waals surface area (Å²) in [4.78, 5) is 0. The second-order valence-electron chi connectivity index (χ2n) is 3.59. The number of rotatable bonds is 3. The Hall–Kier alpha value is -0.300. The van der Waals surface area contributed by atoms with E-state index in [1.807, 2.05) is 6.08 Å². The summed E-state index contributed by atoms with van der Waals surface area (Å²) < 4.78 is 0. The highest BCUT2D eigenvalue weighted by Crippen LogP contribution is 2.40. The molecule has 0 aromatic heterocycles. The SMILES string of the molecule is C=CCC1(O)CCCC1CC. The van der Waals surface area contributed by atoms with Gasteiger partial charge in [0.2, 0.25) is 0 Å². The third-order valence-electron chi connectivity index (χ3n) is 2.91. The van der Waals surface area contributed by atoms with Crippen LogP contribution in [0.5, 0.6) is 0 Å². The van der Waals surface area contributed by atoms with Gasteiger partial charge in [-0.2, -0.15) is 0 Å². The van der Waals surface area contributed by atoms with Crippen molar-refractivity contribution in [3.8, 4) is 0 Å². The normalized spacial score (nSPS) is 37.5. The van der Waals surface area contributed by atoms with Crippen LogP contribution in [0.4, 0.5) is 0 Å². The van der Waals surface area contributed by atoms with Crippen molar-refractivity contribution in [2.75, 3.05) is 0 Å². The van der Waals surface area contributed by atoms with Crippen LogP contribution in [-0.2, 0) is 0 Å². The first-order chi connectivity index (χ1) is 5.23. The van der Waals surface area contributed by atoms with E-state index in [1.54, 1.807) is 0 Å². The Kier molecular flexibility index (Phi) is 2.72. The van der Waals surface area contributed by atoms with Crippen molar-refractivity contribution in [2.24, 2.45) is 5.92 Å². The highest BCUT2D eigenvalue weighted by atomic mass is 16.3. The van der Waals surface area contributed by atoms with Gasteiger partial charge in [-0.15, -0.1) is 6.58 Å². The molecule has 64 valence electrons. The minimum absolute atomic E-state index is 0.406. The Bertz CT molecular complexity index is 142. The van der Waals surface area contributed by atoms with E-state index in [4.69, 9.17) is 0 Å². The van der Waals surface area contributed by atoms with Crippen molar-refractivity contribution in [1.29, 1.82) is 0 Å². The predicted molar refractivity (Wildman–Crippen MR) is 47.4 cm³/mol. The van der Waals surface area contributed by atoms with Gasteiger partial charge in [-0.05, 0) is 25.2 Å². The molecule has 1 fully saturated rings. The van der Waals surface area contributed by atoms with E-state index in [2.05, 4.69) is 13.5 Å². The minimum Gasteiger partial charge on any atom is -0.389 e. The maximum absolute atomic E-state index is 10.1. The molecule has 0 saturated heterocycles. The summed E-state index contributed by atoms with van der Waals surface area (Å²) in [6.07, 6.45) is 7.06. The van der Waals surface area contributed by atoms with Crippen LogP contribution >= 0.6 is 0 Å². The molecule has 0 radical (unpaired) electrons. The molecular formula is C10H18O. The molecular weight excluding hydrogens is 136 g/mol. The third-order valence-corrected chi connectivity index (χ3v) is 2.91. The molecule has 0 heterocycles. The molecule has 0 aliphatic heterocycles. The first-order valence-corrected chi connectivity index (χ1v) is 4.56. The monoisotopic (exact) mass is 154 g/mol. The van der Waals surface area contributed by atoms with Gasteiger partial charge in [0.05, 0.1) is 5.60 Å². The maximum atomic E-state index is 10.1. The molecule has 1 rings (SSSR count). The molecule has 0 amide bonds. The molecule has 1 heteroatoms. The highest BCUT2D eigenvalue weighted by Gasteiger charge is 2.38. The molecule has 1 aliphatic carbocycles. The topological polar surface area (TPSA) is 20.2 Å². The van der Waals surface area contributed by atoms with Gasteiger partial charge in [-0.1, -0.05) is 25.8 Å². The molecule has 0 aromatic carbocycles. The van der Waals surface area contributed by atoms with E-state index in [-0.39, 0.29) is 0 Å². The van der Waals surface area contributed by atoms with Crippen LogP contribution in [0.15, 0.2) is 12.7 Å². The first kappa shape index (κ1) is 8.79. The average Bonchev–Trinajstić information content (AvgIpc) is 2.31. The Balaban J connectivity index is 2.58. The molecule has 0 aromatic rings. The molecule has 1 N–H and O–H groups in total. The van der Waals surface area contributed by atoms with Crippen molar-refractivity contribution in [3.63, 3.8) is 0 Å². The second kappa shape index (κ2) is 3.40. The molecule has 0 bridgehead atoms. The van der Waals surface area contributed by atoms with Crippen molar-refractivity contribution in [1.82, 2.24) is 0 Å². The van der Waals surface area contributed by atoms with Gasteiger partial charge in [-0.25, -0.2) is 0 Å². The van der Waals surface area contributed by atoms with Crippen molar-refractivity contribution in [3.05, 3.63) is 12.7 Å². The zero-order valence-corrected chi connectivity index (χ0v) is 7.34. The Labute approximate surface area is 69.1 Å². The molecule has 1 aliphatic rings. The van der Waals surface area contributed by atoms with E-state index in [0.29, 0.717) is 5.92 Å². The lowest BCUT2D eigenvalue weighted by Crippen LogP contribution is -2.31. The molecule has 1 saturated carbocycles. The van der Waals surface area contributed by atoms with Crippen LogP contribution in [0.1, 0.15) is 39.0 Å². The maximum Gasteiger partial charge on any atom is 0.0709 e. The van der Waals surface area contributed by atoms with Crippen LogP contribution in [0.2, 0.25) is 0 Å². The Morgan fingerprint density at radius 2 is 2.45 bits per heavy atom. The molecule has 2 unspecified atom stereocenters. The van der Waals surface area contributed by atoms with E-state index in [0.717, 1.165) is 19.3 Å². The van der Waals surface area contributed by atoms with Gasteiger partial charge in [0.1, 0.15) is 0 Å². The third kappa shape index (κ3) is 1.64. The van der Waals surface area contributed by atoms with Gasteiger partial charge < -0.3 is 5.11 Å². The zero-order valence-electron chi connectivity index (χ0n) is 7.34. The molecule has 1 nitrogen and oxygen atoms in total. The number of aliphatic hydroxyl groups is 1. The smallest absolute Gasteiger partial charge is 0.0709 e. The van der Waals surface area contributed by atoms with Crippen LogP contribution in [-0.4, -0.2) is 10.7 Å². The summed E-state index contributed by atoms with van der Waals surface area (Å²) >= 11 is 0. The highest BCUT2D eigenvalue weighted by molar-refractivity contribution is 4.95. The van der Waals surface area contributed by atoms with Crippen molar-refractivity contribution in [2.45, 2.75) is 44.6 Å². The fraction of sp³-hybridized carbons (Fsp3) is 0.800. The van der Waals surface area contributed by atoms with Crippen molar-refractivity contribution < 1.29 is 5.11 Å². The summed E-state index contributed by atoms with van der Waals surface area (Å²) in [7, 11) is 0. The summed E-state index contributed by atoms with van der Waals surface area (Å²) in [6, 6.07) is 0. The van der Waals surface area contributed by atoms with Gasteiger partial charge in [0, 0.05) is 0 Å². The molecule has 2 atom stereocenters. The first-order valence-electron chi connectivity index (χ1n) is 4.56. The van der Waals surface area contributed by atoms with Gasteiger partial charge in [0.15, 0.2) is 0 Å². The summed E-state index contributed by atoms with van der Waals surface area (Å²) in [6.45, 7) is 5.83. The fourth-order valence-corrected chi connectivity index (χ4v) is 2.23. The van der Waals surface area contributed by atoms with E-state index in [1.165, 1.54) is 12.8 Å². The summed E-state index contributed by atoms with van der Waals surface area (Å²) in [5, 5.41) is 10.1. The van der Waals surface area contributed by atoms with Crippen molar-refractivity contribution >= 4 is 0 Å². The standard InChI is InChI=1S/C10H18O/c1-3-7-10(11)8-5-6-9(10)4-2/h3,9,11H,1,4-8H2,2H3. The van der Waals surface area contributed by atoms with Crippen LogP contribution in [0.25, 0.3) is 0 Å². The van der Waals surface area contributed by atoms with Crippen LogP contribution in [0, 0.1) is 5.92 Å². The lowest BCUT2D eigenvalue weighted by atomic mass is 9.86. The fourth-order valence-electron chi connectivity index (χ4n) is 2.23. The summed E-state index contributed by atoms with van der Waals surface area (Å²) in [5.41, 5.74) is -0.406. The van der Waals surface area contributed by atoms with E-state index < -0.39 is 5.60 Å². The minimum atomic E-state index is -0.406. The second-order valence-corrected chi connectivity index (χ2v) is 3.59. The average molecular weight is 154 g/mol. The Morgan fingerprint density at radius 3 is 3.00 bits per heavy atom. The zero-order chi connectivity index (χ0) is 8.32. The lowest BCUT2D eigenvalue weighted by molar-refractivity contribution is 0.00406. The number of hydrogen-bond donors (Lipinski definition) is 1. The lowest BCUT2D eigenvalue weighted by Gasteiger charge is -2.28. The molecule has 11 heavy (non-hydrogen) atoms. The Morgan fingerprint density at radius 1 is 1.73 bits per heavy atom. The number of hydrogen-bond acceptors (Lipinski definition) is 1. The summed E-state index contributed by atoms with van der Waals surface area (Å²) in [5.74, 6) is 0.514. The quantitative estimate of drug-likeness (QED) is 0.619.